The Kier molecular flexibility index (Phi) is 4.71. The second kappa shape index (κ2) is 6.87. The lowest BCUT2D eigenvalue weighted by Gasteiger charge is -2.40. The van der Waals surface area contributed by atoms with Crippen molar-refractivity contribution in [1.82, 2.24) is 0 Å². The second-order valence-electron chi connectivity index (χ2n) is 7.04. The molecule has 1 saturated heterocycles. The molecule has 0 amide bonds. The van der Waals surface area contributed by atoms with Gasteiger partial charge in [0, 0.05) is 39.7 Å². The minimum absolute atomic E-state index is 0.0341. The first-order valence-corrected chi connectivity index (χ1v) is 11.6. The van der Waals surface area contributed by atoms with Gasteiger partial charge in [-0.25, -0.2) is 0 Å². The molecule has 0 saturated carbocycles. The summed E-state index contributed by atoms with van der Waals surface area (Å²) in [4.78, 5) is 10.4. The molecule has 7 heteroatoms. The highest BCUT2D eigenvalue weighted by Crippen LogP contribution is 2.56. The first-order chi connectivity index (χ1) is 12.5. The number of nitrogens with one attached hydrogen (secondary N) is 1. The van der Waals surface area contributed by atoms with E-state index in [2.05, 4.69) is 43.4 Å². The Balaban J connectivity index is 1.62. The number of anilines is 1. The van der Waals surface area contributed by atoms with Crippen molar-refractivity contribution in [3.8, 4) is 0 Å². The Morgan fingerprint density at radius 3 is 2.65 bits per heavy atom. The molecular formula is C19H19N2O2S3+. The van der Waals surface area contributed by atoms with Gasteiger partial charge in [-0.3, -0.25) is 10.1 Å². The monoisotopic (exact) mass is 403 g/mol. The van der Waals surface area contributed by atoms with Gasteiger partial charge in [-0.1, -0.05) is 29.0 Å². The molecule has 0 aliphatic carbocycles. The van der Waals surface area contributed by atoms with E-state index in [0.717, 1.165) is 11.3 Å². The molecule has 2 heterocycles. The van der Waals surface area contributed by atoms with Crippen molar-refractivity contribution in [3.63, 3.8) is 0 Å². The summed E-state index contributed by atoms with van der Waals surface area (Å²) in [6.07, 6.45) is 0. The molecule has 2 aliphatic rings. The normalized spacial score (nSPS) is 24.6. The summed E-state index contributed by atoms with van der Waals surface area (Å²) < 4.78 is 1.43. The summed E-state index contributed by atoms with van der Waals surface area (Å²) in [5.41, 5.74) is 3.90. The summed E-state index contributed by atoms with van der Waals surface area (Å²) in [6, 6.07) is 15.5. The SMILES string of the molecule is CC1(C)Nc2ccccc2C2C(=[S+]Cc3ccc([N+](=O)[O-])cc3)SSC21. The van der Waals surface area contributed by atoms with Crippen LogP contribution in [0.25, 0.3) is 0 Å². The second-order valence-corrected chi connectivity index (χ2v) is 10.7. The van der Waals surface area contributed by atoms with Crippen LogP contribution in [0.3, 0.4) is 0 Å². The van der Waals surface area contributed by atoms with Crippen LogP contribution in [0, 0.1) is 10.1 Å². The van der Waals surface area contributed by atoms with Gasteiger partial charge in [-0.2, -0.15) is 0 Å². The topological polar surface area (TPSA) is 55.2 Å². The average Bonchev–Trinajstić information content (AvgIpc) is 3.05. The minimum Gasteiger partial charge on any atom is -0.379 e. The van der Waals surface area contributed by atoms with Crippen LogP contribution in [-0.2, 0) is 17.1 Å². The largest absolute Gasteiger partial charge is 0.379 e. The molecule has 0 spiro atoms. The fourth-order valence-corrected chi connectivity index (χ4v) is 8.93. The average molecular weight is 404 g/mol. The highest BCUT2D eigenvalue weighted by Gasteiger charge is 2.52. The number of rotatable bonds is 3. The zero-order valence-electron chi connectivity index (χ0n) is 14.5. The first kappa shape index (κ1) is 17.8. The van der Waals surface area contributed by atoms with E-state index in [1.165, 1.54) is 15.4 Å². The molecule has 2 atom stereocenters. The third kappa shape index (κ3) is 3.23. The van der Waals surface area contributed by atoms with E-state index in [0.29, 0.717) is 11.2 Å². The molecule has 0 radical (unpaired) electrons. The Labute approximate surface area is 164 Å². The van der Waals surface area contributed by atoms with Gasteiger partial charge in [0.1, 0.15) is 0 Å². The fourth-order valence-electron chi connectivity index (χ4n) is 3.44. The van der Waals surface area contributed by atoms with Gasteiger partial charge in [0.15, 0.2) is 11.4 Å². The van der Waals surface area contributed by atoms with Gasteiger partial charge >= 0.3 is 0 Å². The highest BCUT2D eigenvalue weighted by atomic mass is 33.1. The molecule has 2 unspecified atom stereocenters. The van der Waals surface area contributed by atoms with Crippen LogP contribution in [0.15, 0.2) is 48.5 Å². The van der Waals surface area contributed by atoms with Crippen molar-refractivity contribution in [2.75, 3.05) is 5.32 Å². The number of benzene rings is 2. The van der Waals surface area contributed by atoms with Crippen molar-refractivity contribution in [3.05, 3.63) is 69.8 Å². The predicted molar refractivity (Wildman–Crippen MR) is 115 cm³/mol. The van der Waals surface area contributed by atoms with E-state index in [1.54, 1.807) is 12.1 Å². The maximum atomic E-state index is 10.8. The van der Waals surface area contributed by atoms with E-state index in [9.17, 15) is 10.1 Å². The maximum Gasteiger partial charge on any atom is 0.269 e. The van der Waals surface area contributed by atoms with E-state index < -0.39 is 0 Å². The number of nitrogens with zero attached hydrogens (tertiary/aromatic N) is 1. The standard InChI is InChI=1S/C19H19N2O2S3/c1-19(2)17-16(14-5-3-4-6-15(14)20-19)18(26-25-17)24-11-12-7-9-13(10-8-12)21(22)23/h3-10,16-17,20H,11H2,1-2H3/q+1. The highest BCUT2D eigenvalue weighted by molar-refractivity contribution is 8.84. The van der Waals surface area contributed by atoms with Gasteiger partial charge < -0.3 is 5.32 Å². The van der Waals surface area contributed by atoms with Crippen molar-refractivity contribution < 1.29 is 4.92 Å². The van der Waals surface area contributed by atoms with Gasteiger partial charge in [0.25, 0.3) is 9.88 Å². The van der Waals surface area contributed by atoms with Gasteiger partial charge in [0.2, 0.25) is 5.75 Å². The summed E-state index contributed by atoms with van der Waals surface area (Å²) >= 11 is 1.86. The molecule has 4 nitrogen and oxygen atoms in total. The lowest BCUT2D eigenvalue weighted by molar-refractivity contribution is -0.384. The van der Waals surface area contributed by atoms with Crippen LogP contribution in [0.4, 0.5) is 11.4 Å². The molecule has 26 heavy (non-hydrogen) atoms. The number of fused-ring (bicyclic) bond motifs is 3. The Morgan fingerprint density at radius 2 is 1.92 bits per heavy atom. The van der Waals surface area contributed by atoms with Crippen molar-refractivity contribution in [2.45, 2.75) is 36.3 Å². The van der Waals surface area contributed by atoms with Crippen LogP contribution in [-0.4, -0.2) is 19.9 Å². The van der Waals surface area contributed by atoms with E-state index in [4.69, 9.17) is 0 Å². The van der Waals surface area contributed by atoms with Crippen LogP contribution in [0.5, 0.6) is 0 Å². The molecule has 0 bridgehead atoms. The maximum absolute atomic E-state index is 10.8. The number of nitro benzene ring substituents is 1. The van der Waals surface area contributed by atoms with Crippen molar-refractivity contribution >= 4 is 48.5 Å². The van der Waals surface area contributed by atoms with Crippen molar-refractivity contribution in [2.24, 2.45) is 0 Å². The molecule has 0 aromatic heterocycles. The Bertz CT molecular complexity index is 881. The molecule has 2 aromatic carbocycles. The third-order valence-corrected chi connectivity index (χ3v) is 9.75. The van der Waals surface area contributed by atoms with Crippen LogP contribution >= 0.6 is 21.6 Å². The Hall–Kier alpha value is -1.57. The summed E-state index contributed by atoms with van der Waals surface area (Å²) in [7, 11) is 3.84. The number of nitro groups is 1. The summed E-state index contributed by atoms with van der Waals surface area (Å²) in [6.45, 7) is 4.55. The molecule has 134 valence electrons. The quantitative estimate of drug-likeness (QED) is 0.255. The summed E-state index contributed by atoms with van der Waals surface area (Å²) in [5, 5.41) is 15.0. The van der Waals surface area contributed by atoms with Gasteiger partial charge in [-0.05, 0) is 37.6 Å². The molecule has 2 aliphatic heterocycles. The molecule has 1 fully saturated rings. The number of non-ortho nitro benzene ring substituents is 1. The van der Waals surface area contributed by atoms with Crippen LogP contribution in [0.1, 0.15) is 30.9 Å². The summed E-state index contributed by atoms with van der Waals surface area (Å²) in [5.74, 6) is 1.25. The minimum atomic E-state index is -0.353. The lowest BCUT2D eigenvalue weighted by Crippen LogP contribution is -2.48. The predicted octanol–water partition coefficient (Wildman–Crippen LogP) is 5.06. The van der Waals surface area contributed by atoms with Crippen molar-refractivity contribution in [1.29, 1.82) is 0 Å². The molecule has 2 aromatic rings. The fraction of sp³-hybridized carbons (Fsp3) is 0.316. The molecular weight excluding hydrogens is 384 g/mol. The van der Waals surface area contributed by atoms with Gasteiger partial charge in [0.05, 0.1) is 16.1 Å². The van der Waals surface area contributed by atoms with E-state index >= 15 is 0 Å². The van der Waals surface area contributed by atoms with Crippen LogP contribution in [0.2, 0.25) is 0 Å². The number of hydrogen-bond acceptors (Lipinski definition) is 5. The number of hydrogen-bond donors (Lipinski definition) is 1. The third-order valence-electron chi connectivity index (χ3n) is 4.78. The zero-order valence-corrected chi connectivity index (χ0v) is 16.9. The molecule has 1 N–H and O–H groups in total. The zero-order chi connectivity index (χ0) is 18.3. The van der Waals surface area contributed by atoms with Gasteiger partial charge in [-0.15, -0.1) is 0 Å². The van der Waals surface area contributed by atoms with E-state index in [-0.39, 0.29) is 16.1 Å². The van der Waals surface area contributed by atoms with E-state index in [1.807, 2.05) is 45.1 Å². The number of para-hydroxylation sites is 1. The smallest absolute Gasteiger partial charge is 0.269 e. The van der Waals surface area contributed by atoms with Crippen LogP contribution < -0.4 is 5.32 Å². The molecule has 4 rings (SSSR count). The Morgan fingerprint density at radius 1 is 1.19 bits per heavy atom. The first-order valence-electron chi connectivity index (χ1n) is 8.39. The lowest BCUT2D eigenvalue weighted by atomic mass is 9.81.